The van der Waals surface area contributed by atoms with E-state index in [2.05, 4.69) is 38.7 Å². The van der Waals surface area contributed by atoms with Crippen molar-refractivity contribution in [2.45, 2.75) is 18.9 Å². The molecule has 1 unspecified atom stereocenters. The smallest absolute Gasteiger partial charge is 0.191 e. The van der Waals surface area contributed by atoms with E-state index in [0.29, 0.717) is 6.54 Å². The summed E-state index contributed by atoms with van der Waals surface area (Å²) >= 11 is 0. The fraction of sp³-hybridized carbons (Fsp3) is 0.409. The summed E-state index contributed by atoms with van der Waals surface area (Å²) in [5, 5.41) is 6.71. The van der Waals surface area contributed by atoms with Crippen LogP contribution in [0.25, 0.3) is 0 Å². The van der Waals surface area contributed by atoms with Gasteiger partial charge in [0, 0.05) is 26.6 Å². The molecule has 0 aliphatic carbocycles. The molecule has 5 nitrogen and oxygen atoms in total. The van der Waals surface area contributed by atoms with Gasteiger partial charge in [-0.05, 0) is 55.4 Å². The Balaban J connectivity index is 1.51. The van der Waals surface area contributed by atoms with Gasteiger partial charge in [-0.15, -0.1) is 0 Å². The Morgan fingerprint density at radius 2 is 2.07 bits per heavy atom. The van der Waals surface area contributed by atoms with E-state index < -0.39 is 0 Å². The molecule has 2 N–H and O–H groups in total. The zero-order valence-corrected chi connectivity index (χ0v) is 16.8. The molecule has 0 saturated heterocycles. The van der Waals surface area contributed by atoms with Crippen molar-refractivity contribution < 1.29 is 9.13 Å². The van der Waals surface area contributed by atoms with Crippen molar-refractivity contribution in [3.8, 4) is 5.75 Å². The fourth-order valence-electron chi connectivity index (χ4n) is 3.45. The SMILES string of the molecule is CN=C(NCCc1ccc2c(c1)CCO2)NCC(c1cccc(F)c1)N(C)C. The number of guanidine groups is 1. The number of nitrogens with one attached hydrogen (secondary N) is 2. The Labute approximate surface area is 166 Å². The molecule has 0 fully saturated rings. The predicted octanol–water partition coefficient (Wildman–Crippen LogP) is 2.77. The number of ether oxygens (including phenoxy) is 1. The third-order valence-corrected chi connectivity index (χ3v) is 5.00. The lowest BCUT2D eigenvalue weighted by atomic mass is 10.1. The molecular formula is C22H29FN4O. The Kier molecular flexibility index (Phi) is 6.87. The molecule has 0 amide bonds. The Bertz CT molecular complexity index is 822. The molecule has 1 atom stereocenters. The predicted molar refractivity (Wildman–Crippen MR) is 112 cm³/mol. The second-order valence-corrected chi connectivity index (χ2v) is 7.20. The lowest BCUT2D eigenvalue weighted by molar-refractivity contribution is 0.297. The third-order valence-electron chi connectivity index (χ3n) is 5.00. The number of rotatable bonds is 7. The molecule has 0 bridgehead atoms. The average Bonchev–Trinajstić information content (AvgIpc) is 3.14. The minimum absolute atomic E-state index is 0.0472. The first kappa shape index (κ1) is 20.1. The fourth-order valence-corrected chi connectivity index (χ4v) is 3.45. The molecule has 1 aliphatic rings. The summed E-state index contributed by atoms with van der Waals surface area (Å²) in [6, 6.07) is 13.2. The highest BCUT2D eigenvalue weighted by molar-refractivity contribution is 5.79. The standard InChI is InChI=1S/C22H29FN4O/c1-24-22(25-11-9-16-7-8-21-18(13-16)10-12-28-21)26-15-20(27(2)3)17-5-4-6-19(23)14-17/h4-8,13-14,20H,9-12,15H2,1-3H3,(H2,24,25,26). The monoisotopic (exact) mass is 384 g/mol. The van der Waals surface area contributed by atoms with Crippen LogP contribution >= 0.6 is 0 Å². The van der Waals surface area contributed by atoms with Crippen LogP contribution in [0.15, 0.2) is 47.5 Å². The highest BCUT2D eigenvalue weighted by atomic mass is 19.1. The highest BCUT2D eigenvalue weighted by Crippen LogP contribution is 2.25. The highest BCUT2D eigenvalue weighted by Gasteiger charge is 2.15. The maximum absolute atomic E-state index is 13.6. The normalized spacial score (nSPS) is 14.5. The summed E-state index contributed by atoms with van der Waals surface area (Å²) in [5.41, 5.74) is 3.52. The summed E-state index contributed by atoms with van der Waals surface area (Å²) in [6.45, 7) is 2.20. The molecule has 28 heavy (non-hydrogen) atoms. The van der Waals surface area contributed by atoms with Gasteiger partial charge < -0.3 is 20.3 Å². The molecule has 2 aromatic carbocycles. The first-order chi connectivity index (χ1) is 13.6. The van der Waals surface area contributed by atoms with E-state index in [1.165, 1.54) is 17.2 Å². The second-order valence-electron chi connectivity index (χ2n) is 7.20. The van der Waals surface area contributed by atoms with Crippen molar-refractivity contribution >= 4 is 5.96 Å². The van der Waals surface area contributed by atoms with Crippen LogP contribution < -0.4 is 15.4 Å². The maximum Gasteiger partial charge on any atom is 0.191 e. The van der Waals surface area contributed by atoms with Gasteiger partial charge in [-0.25, -0.2) is 4.39 Å². The molecule has 0 radical (unpaired) electrons. The van der Waals surface area contributed by atoms with E-state index in [1.54, 1.807) is 19.2 Å². The molecular weight excluding hydrogens is 355 g/mol. The van der Waals surface area contributed by atoms with E-state index in [9.17, 15) is 4.39 Å². The summed E-state index contributed by atoms with van der Waals surface area (Å²) in [7, 11) is 5.74. The van der Waals surface area contributed by atoms with Gasteiger partial charge in [-0.3, -0.25) is 4.99 Å². The molecule has 3 rings (SSSR count). The zero-order chi connectivity index (χ0) is 19.9. The van der Waals surface area contributed by atoms with E-state index in [0.717, 1.165) is 43.3 Å². The Morgan fingerprint density at radius 3 is 2.82 bits per heavy atom. The topological polar surface area (TPSA) is 48.9 Å². The van der Waals surface area contributed by atoms with Crippen molar-refractivity contribution in [2.24, 2.45) is 4.99 Å². The summed E-state index contributed by atoms with van der Waals surface area (Å²) < 4.78 is 19.1. The third kappa shape index (κ3) is 5.23. The maximum atomic E-state index is 13.6. The van der Waals surface area contributed by atoms with Gasteiger partial charge in [0.2, 0.25) is 0 Å². The number of halogens is 1. The van der Waals surface area contributed by atoms with Crippen molar-refractivity contribution in [3.05, 3.63) is 65.0 Å². The van der Waals surface area contributed by atoms with Gasteiger partial charge in [-0.2, -0.15) is 0 Å². The first-order valence-electron chi connectivity index (χ1n) is 9.68. The summed E-state index contributed by atoms with van der Waals surface area (Å²) in [4.78, 5) is 6.37. The van der Waals surface area contributed by atoms with Crippen LogP contribution in [0.5, 0.6) is 5.75 Å². The molecule has 0 aromatic heterocycles. The zero-order valence-electron chi connectivity index (χ0n) is 16.8. The van der Waals surface area contributed by atoms with Crippen molar-refractivity contribution in [1.82, 2.24) is 15.5 Å². The van der Waals surface area contributed by atoms with E-state index >= 15 is 0 Å². The number of nitrogens with zero attached hydrogens (tertiary/aromatic N) is 2. The van der Waals surface area contributed by atoms with Gasteiger partial charge in [0.1, 0.15) is 11.6 Å². The van der Waals surface area contributed by atoms with Crippen molar-refractivity contribution in [1.29, 1.82) is 0 Å². The van der Waals surface area contributed by atoms with Crippen LogP contribution in [0.4, 0.5) is 4.39 Å². The van der Waals surface area contributed by atoms with Gasteiger partial charge in [0.15, 0.2) is 5.96 Å². The molecule has 0 saturated carbocycles. The first-order valence-corrected chi connectivity index (χ1v) is 9.68. The summed E-state index contributed by atoms with van der Waals surface area (Å²) in [5.74, 6) is 1.54. The van der Waals surface area contributed by atoms with Gasteiger partial charge in [0.25, 0.3) is 0 Å². The lowest BCUT2D eigenvalue weighted by Gasteiger charge is -2.26. The van der Waals surface area contributed by atoms with Crippen LogP contribution in [0, 0.1) is 5.82 Å². The Hall–Kier alpha value is -2.60. The molecule has 0 spiro atoms. The van der Waals surface area contributed by atoms with Crippen LogP contribution in [0.3, 0.4) is 0 Å². The second kappa shape index (κ2) is 9.55. The average molecular weight is 384 g/mol. The van der Waals surface area contributed by atoms with E-state index in [1.807, 2.05) is 20.2 Å². The molecule has 1 heterocycles. The summed E-state index contributed by atoms with van der Waals surface area (Å²) in [6.07, 6.45) is 1.90. The van der Waals surface area contributed by atoms with Crippen molar-refractivity contribution in [2.75, 3.05) is 40.8 Å². The van der Waals surface area contributed by atoms with E-state index in [4.69, 9.17) is 4.74 Å². The van der Waals surface area contributed by atoms with Crippen LogP contribution in [0.1, 0.15) is 22.7 Å². The van der Waals surface area contributed by atoms with Crippen LogP contribution in [-0.2, 0) is 12.8 Å². The molecule has 150 valence electrons. The lowest BCUT2D eigenvalue weighted by Crippen LogP contribution is -2.42. The number of hydrogen-bond acceptors (Lipinski definition) is 3. The van der Waals surface area contributed by atoms with Crippen LogP contribution in [-0.4, -0.2) is 51.7 Å². The van der Waals surface area contributed by atoms with Gasteiger partial charge >= 0.3 is 0 Å². The number of fused-ring (bicyclic) bond motifs is 1. The number of aliphatic imine (C=N–C) groups is 1. The number of likely N-dealkylation sites (N-methyl/N-ethyl adjacent to an activating group) is 1. The quantitative estimate of drug-likeness (QED) is 0.569. The molecule has 6 heteroatoms. The van der Waals surface area contributed by atoms with Gasteiger partial charge in [0.05, 0.1) is 12.6 Å². The largest absolute Gasteiger partial charge is 0.493 e. The van der Waals surface area contributed by atoms with E-state index in [-0.39, 0.29) is 11.9 Å². The van der Waals surface area contributed by atoms with Crippen LogP contribution in [0.2, 0.25) is 0 Å². The minimum atomic E-state index is -0.216. The molecule has 2 aromatic rings. The molecule has 1 aliphatic heterocycles. The van der Waals surface area contributed by atoms with Gasteiger partial charge in [-0.1, -0.05) is 24.3 Å². The number of hydrogen-bond donors (Lipinski definition) is 2. The minimum Gasteiger partial charge on any atom is -0.493 e. The number of benzene rings is 2. The Morgan fingerprint density at radius 1 is 1.21 bits per heavy atom. The van der Waals surface area contributed by atoms with Crippen molar-refractivity contribution in [3.63, 3.8) is 0 Å².